The molecule has 0 saturated heterocycles. The van der Waals surface area contributed by atoms with E-state index in [2.05, 4.69) is 145 Å². The molecule has 0 aliphatic heterocycles. The van der Waals surface area contributed by atoms with Gasteiger partial charge in [-0.25, -0.2) is 0 Å². The van der Waals surface area contributed by atoms with Crippen molar-refractivity contribution >= 4 is 75.4 Å². The molecule has 0 aromatic heterocycles. The largest absolute Gasteiger partial charge is 0.0616 e. The molecule has 9 aromatic rings. The average molecular weight is 579 g/mol. The van der Waals surface area contributed by atoms with Crippen LogP contribution in [0.15, 0.2) is 103 Å². The van der Waals surface area contributed by atoms with Crippen LogP contribution in [0.1, 0.15) is 76.0 Å². The molecule has 0 heteroatoms. The van der Waals surface area contributed by atoms with Crippen LogP contribution in [0.2, 0.25) is 0 Å². The summed E-state index contributed by atoms with van der Waals surface area (Å²) in [5.74, 6) is 1.35. The van der Waals surface area contributed by atoms with Crippen LogP contribution in [0, 0.1) is 0 Å². The van der Waals surface area contributed by atoms with Gasteiger partial charge in [0.2, 0.25) is 0 Å². The maximum atomic E-state index is 2.51. The normalized spacial score (nSPS) is 12.8. The van der Waals surface area contributed by atoms with Crippen molar-refractivity contribution in [2.75, 3.05) is 0 Å². The molecule has 0 nitrogen and oxygen atoms in total. The van der Waals surface area contributed by atoms with Crippen LogP contribution in [0.25, 0.3) is 86.5 Å². The predicted molar refractivity (Wildman–Crippen MR) is 199 cm³/mol. The third kappa shape index (κ3) is 3.54. The summed E-state index contributed by atoms with van der Waals surface area (Å²) in [5.41, 5.74) is 7.21. The Kier molecular flexibility index (Phi) is 5.58. The second-order valence-corrected chi connectivity index (χ2v) is 14.2. The van der Waals surface area contributed by atoms with Crippen LogP contribution in [-0.2, 0) is 0 Å². The maximum absolute atomic E-state index is 2.51. The van der Waals surface area contributed by atoms with Crippen LogP contribution < -0.4 is 0 Å². The quantitative estimate of drug-likeness (QED) is 0.182. The first-order valence-electron chi connectivity index (χ1n) is 16.7. The van der Waals surface area contributed by atoms with E-state index in [-0.39, 0.29) is 0 Å². The standard InChI is InChI=1S/C45H38/c1-24(2)27-20-36(25(3)4)43(37(21-27)26(5)6)35-19-18-34-39-22-40-29-13-8-7-12-28(29)31-16-11-17-33(42(31)40)38(39)23-41-30-14-9-10-15-32(30)44(35)45(34)41/h7-26H,1-6H3. The highest BCUT2D eigenvalue weighted by atomic mass is 14.3. The second-order valence-electron chi connectivity index (χ2n) is 14.2. The van der Waals surface area contributed by atoms with E-state index in [0.717, 1.165) is 0 Å². The fourth-order valence-electron chi connectivity index (χ4n) is 8.50. The Hall–Kier alpha value is -4.68. The Labute approximate surface area is 265 Å². The lowest BCUT2D eigenvalue weighted by Gasteiger charge is -2.24. The van der Waals surface area contributed by atoms with Crippen molar-refractivity contribution in [3.8, 4) is 11.1 Å². The van der Waals surface area contributed by atoms with Gasteiger partial charge in [0.1, 0.15) is 0 Å². The molecule has 0 fully saturated rings. The third-order valence-electron chi connectivity index (χ3n) is 10.7. The molecule has 0 saturated carbocycles. The van der Waals surface area contributed by atoms with E-state index < -0.39 is 0 Å². The number of hydrogen-bond donors (Lipinski definition) is 0. The Morgan fingerprint density at radius 2 is 0.778 bits per heavy atom. The number of fused-ring (bicyclic) bond motifs is 9. The Balaban J connectivity index is 1.50. The van der Waals surface area contributed by atoms with Gasteiger partial charge < -0.3 is 0 Å². The zero-order valence-corrected chi connectivity index (χ0v) is 27.0. The molecule has 0 N–H and O–H groups in total. The summed E-state index contributed by atoms with van der Waals surface area (Å²) in [4.78, 5) is 0. The van der Waals surface area contributed by atoms with Crippen molar-refractivity contribution in [2.45, 2.75) is 59.3 Å². The van der Waals surface area contributed by atoms with Gasteiger partial charge in [0.15, 0.2) is 0 Å². The first-order valence-corrected chi connectivity index (χ1v) is 16.7. The highest BCUT2D eigenvalue weighted by Crippen LogP contribution is 2.51. The van der Waals surface area contributed by atoms with Crippen LogP contribution in [-0.4, -0.2) is 0 Å². The summed E-state index contributed by atoms with van der Waals surface area (Å²) < 4.78 is 0. The minimum atomic E-state index is 0.427. The molecular weight excluding hydrogens is 540 g/mol. The third-order valence-corrected chi connectivity index (χ3v) is 10.7. The number of hydrogen-bond acceptors (Lipinski definition) is 0. The average Bonchev–Trinajstić information content (AvgIpc) is 3.55. The van der Waals surface area contributed by atoms with Gasteiger partial charge in [-0.15, -0.1) is 0 Å². The molecule has 0 atom stereocenters. The van der Waals surface area contributed by atoms with Gasteiger partial charge in [-0.2, -0.15) is 0 Å². The first kappa shape index (κ1) is 26.7. The van der Waals surface area contributed by atoms with Gasteiger partial charge in [0.25, 0.3) is 0 Å². The minimum absolute atomic E-state index is 0.427. The molecule has 0 bridgehead atoms. The summed E-state index contributed by atoms with van der Waals surface area (Å²) in [6, 6.07) is 39.8. The molecule has 9 rings (SSSR count). The van der Waals surface area contributed by atoms with Gasteiger partial charge >= 0.3 is 0 Å². The predicted octanol–water partition coefficient (Wildman–Crippen LogP) is 13.7. The molecule has 9 aromatic carbocycles. The van der Waals surface area contributed by atoms with Crippen LogP contribution in [0.4, 0.5) is 0 Å². The van der Waals surface area contributed by atoms with E-state index in [0.29, 0.717) is 17.8 Å². The second kappa shape index (κ2) is 9.41. The lowest BCUT2D eigenvalue weighted by Crippen LogP contribution is -2.04. The maximum Gasteiger partial charge on any atom is -0.00137 e. The van der Waals surface area contributed by atoms with E-state index in [4.69, 9.17) is 0 Å². The zero-order valence-electron chi connectivity index (χ0n) is 27.0. The van der Waals surface area contributed by atoms with Crippen molar-refractivity contribution in [3.63, 3.8) is 0 Å². The molecule has 0 spiro atoms. The van der Waals surface area contributed by atoms with Crippen molar-refractivity contribution in [1.82, 2.24) is 0 Å². The van der Waals surface area contributed by atoms with Crippen molar-refractivity contribution in [3.05, 3.63) is 120 Å². The molecule has 0 aliphatic rings. The summed E-state index contributed by atoms with van der Waals surface area (Å²) in [5, 5.41) is 19.2. The molecule has 0 amide bonds. The van der Waals surface area contributed by atoms with Gasteiger partial charge in [-0.1, -0.05) is 133 Å². The minimum Gasteiger partial charge on any atom is -0.0616 e. The van der Waals surface area contributed by atoms with Crippen LogP contribution in [0.5, 0.6) is 0 Å². The fourth-order valence-corrected chi connectivity index (χ4v) is 8.50. The van der Waals surface area contributed by atoms with Crippen LogP contribution >= 0.6 is 0 Å². The van der Waals surface area contributed by atoms with Crippen molar-refractivity contribution in [1.29, 1.82) is 0 Å². The van der Waals surface area contributed by atoms with Gasteiger partial charge in [0.05, 0.1) is 0 Å². The van der Waals surface area contributed by atoms with E-state index in [1.54, 1.807) is 0 Å². The first-order chi connectivity index (χ1) is 21.8. The Morgan fingerprint density at radius 3 is 1.36 bits per heavy atom. The van der Waals surface area contributed by atoms with Gasteiger partial charge in [0, 0.05) is 0 Å². The van der Waals surface area contributed by atoms with E-state index in [1.807, 2.05) is 0 Å². The molecular formula is C45H38. The Bertz CT molecular complexity index is 2580. The Morgan fingerprint density at radius 1 is 0.333 bits per heavy atom. The lowest BCUT2D eigenvalue weighted by atomic mass is 9.80. The molecule has 218 valence electrons. The van der Waals surface area contributed by atoms with Gasteiger partial charge in [-0.05, 0) is 133 Å². The van der Waals surface area contributed by atoms with Crippen molar-refractivity contribution < 1.29 is 0 Å². The van der Waals surface area contributed by atoms with Crippen LogP contribution in [0.3, 0.4) is 0 Å². The van der Waals surface area contributed by atoms with E-state index >= 15 is 0 Å². The summed E-state index contributed by atoms with van der Waals surface area (Å²) >= 11 is 0. The van der Waals surface area contributed by atoms with Gasteiger partial charge in [-0.3, -0.25) is 0 Å². The number of rotatable bonds is 4. The summed E-state index contributed by atoms with van der Waals surface area (Å²) in [7, 11) is 0. The monoisotopic (exact) mass is 578 g/mol. The highest BCUT2D eigenvalue weighted by Gasteiger charge is 2.25. The molecule has 0 aliphatic carbocycles. The SMILES string of the molecule is CC(C)c1cc(C(C)C)c(-c2ccc3c4cc5c6ccccc6c6cccc(c4cc4c7ccccc7c2c34)c65)c(C(C)C)c1. The summed E-state index contributed by atoms with van der Waals surface area (Å²) in [6.07, 6.45) is 0. The molecule has 0 heterocycles. The molecule has 45 heavy (non-hydrogen) atoms. The van der Waals surface area contributed by atoms with E-state index in [9.17, 15) is 0 Å². The number of benzene rings is 7. The van der Waals surface area contributed by atoms with E-state index in [1.165, 1.54) is 103 Å². The fraction of sp³-hybridized carbons (Fsp3) is 0.200. The molecule has 0 unspecified atom stereocenters. The molecule has 0 radical (unpaired) electrons. The summed E-state index contributed by atoms with van der Waals surface area (Å²) in [6.45, 7) is 14.1. The van der Waals surface area contributed by atoms with Crippen molar-refractivity contribution in [2.24, 2.45) is 0 Å². The highest BCUT2D eigenvalue weighted by molar-refractivity contribution is 6.42. The smallest absolute Gasteiger partial charge is 0.00137 e. The lowest BCUT2D eigenvalue weighted by molar-refractivity contribution is 0.808. The zero-order chi connectivity index (χ0) is 30.7. The topological polar surface area (TPSA) is 0 Å².